The minimum Gasteiger partial charge on any atom is -0.390 e. The van der Waals surface area contributed by atoms with Gasteiger partial charge in [-0.1, -0.05) is 30.3 Å². The van der Waals surface area contributed by atoms with E-state index < -0.39 is 18.2 Å². The monoisotopic (exact) mass is 315 g/mol. The Kier molecular flexibility index (Phi) is 4.19. The number of carbonyl (C=O) groups excluding carboxylic acids is 1. The van der Waals surface area contributed by atoms with E-state index in [1.54, 1.807) is 17.8 Å². The van der Waals surface area contributed by atoms with Gasteiger partial charge in [0.25, 0.3) is 5.91 Å². The van der Waals surface area contributed by atoms with Crippen LogP contribution in [0.2, 0.25) is 0 Å². The van der Waals surface area contributed by atoms with Crippen LogP contribution in [0.15, 0.2) is 36.4 Å². The second kappa shape index (κ2) is 6.14. The number of hydrogen-bond donors (Lipinski definition) is 3. The Labute approximate surface area is 134 Å². The maximum absolute atomic E-state index is 12.4. The van der Waals surface area contributed by atoms with Crippen LogP contribution in [0.1, 0.15) is 34.1 Å². The maximum Gasteiger partial charge on any atom is 0.272 e. The van der Waals surface area contributed by atoms with Gasteiger partial charge < -0.3 is 15.5 Å². The van der Waals surface area contributed by atoms with Gasteiger partial charge in [-0.05, 0) is 25.0 Å². The summed E-state index contributed by atoms with van der Waals surface area (Å²) in [4.78, 5) is 12.4. The second-order valence-corrected chi connectivity index (χ2v) is 6.10. The van der Waals surface area contributed by atoms with E-state index in [1.165, 1.54) is 0 Å². The summed E-state index contributed by atoms with van der Waals surface area (Å²) in [6.45, 7) is 1.87. The van der Waals surface area contributed by atoms with E-state index in [0.29, 0.717) is 12.1 Å². The van der Waals surface area contributed by atoms with Crippen LogP contribution in [-0.2, 0) is 7.05 Å². The van der Waals surface area contributed by atoms with Crippen molar-refractivity contribution in [3.8, 4) is 0 Å². The zero-order valence-electron chi connectivity index (χ0n) is 13.2. The summed E-state index contributed by atoms with van der Waals surface area (Å²) in [5, 5.41) is 27.3. The number of aromatic nitrogens is 2. The van der Waals surface area contributed by atoms with Gasteiger partial charge in [-0.25, -0.2) is 0 Å². The predicted molar refractivity (Wildman–Crippen MR) is 85.0 cm³/mol. The third-order valence-corrected chi connectivity index (χ3v) is 4.56. The summed E-state index contributed by atoms with van der Waals surface area (Å²) in [7, 11) is 1.77. The van der Waals surface area contributed by atoms with Crippen molar-refractivity contribution < 1.29 is 15.0 Å². The maximum atomic E-state index is 12.4. The molecule has 0 spiro atoms. The average molecular weight is 315 g/mol. The van der Waals surface area contributed by atoms with E-state index in [0.717, 1.165) is 11.3 Å². The lowest BCUT2D eigenvalue weighted by molar-refractivity contribution is 0.0294. The lowest BCUT2D eigenvalue weighted by Gasteiger charge is -2.23. The van der Waals surface area contributed by atoms with Crippen molar-refractivity contribution in [1.82, 2.24) is 15.1 Å². The molecule has 2 aromatic rings. The van der Waals surface area contributed by atoms with E-state index in [2.05, 4.69) is 10.4 Å². The Morgan fingerprint density at radius 1 is 1.30 bits per heavy atom. The van der Waals surface area contributed by atoms with Gasteiger partial charge >= 0.3 is 0 Å². The average Bonchev–Trinajstić information content (AvgIpc) is 3.02. The van der Waals surface area contributed by atoms with Crippen molar-refractivity contribution in [2.45, 2.75) is 37.5 Å². The number of nitrogens with one attached hydrogen (secondary N) is 1. The van der Waals surface area contributed by atoms with Gasteiger partial charge in [0.15, 0.2) is 0 Å². The molecular weight excluding hydrogens is 294 g/mol. The topological polar surface area (TPSA) is 87.4 Å². The van der Waals surface area contributed by atoms with Crippen LogP contribution in [0.5, 0.6) is 0 Å². The second-order valence-electron chi connectivity index (χ2n) is 6.10. The smallest absolute Gasteiger partial charge is 0.272 e. The highest BCUT2D eigenvalue weighted by atomic mass is 16.3. The molecule has 3 N–H and O–H groups in total. The first kappa shape index (κ1) is 15.7. The third-order valence-electron chi connectivity index (χ3n) is 4.56. The van der Waals surface area contributed by atoms with Gasteiger partial charge in [0.05, 0.1) is 12.1 Å². The van der Waals surface area contributed by atoms with E-state index >= 15 is 0 Å². The van der Waals surface area contributed by atoms with Gasteiger partial charge in [-0.15, -0.1) is 0 Å². The fourth-order valence-corrected chi connectivity index (χ4v) is 3.15. The number of aryl methyl sites for hydroxylation is 2. The zero-order chi connectivity index (χ0) is 16.6. The number of aliphatic hydroxyl groups excluding tert-OH is 2. The predicted octanol–water partition coefficient (Wildman–Crippen LogP) is 0.736. The quantitative estimate of drug-likeness (QED) is 0.779. The Balaban J connectivity index is 1.82. The van der Waals surface area contributed by atoms with Crippen LogP contribution < -0.4 is 5.32 Å². The van der Waals surface area contributed by atoms with Gasteiger partial charge in [0.1, 0.15) is 11.8 Å². The van der Waals surface area contributed by atoms with Crippen molar-refractivity contribution in [2.24, 2.45) is 7.05 Å². The van der Waals surface area contributed by atoms with Gasteiger partial charge in [-0.3, -0.25) is 9.48 Å². The molecule has 1 fully saturated rings. The molecule has 0 radical (unpaired) electrons. The van der Waals surface area contributed by atoms with Gasteiger partial charge in [0.2, 0.25) is 0 Å². The number of nitrogens with zero attached hydrogens (tertiary/aromatic N) is 2. The molecule has 1 heterocycles. The van der Waals surface area contributed by atoms with E-state index in [1.807, 2.05) is 37.3 Å². The minimum atomic E-state index is -0.992. The SMILES string of the molecule is Cc1cc(C(=O)N[C@H]2[C@H](O)[C@H](O)C[C@@H]2c2ccccc2)nn1C. The zero-order valence-corrected chi connectivity index (χ0v) is 13.2. The molecule has 6 nitrogen and oxygen atoms in total. The molecule has 0 unspecified atom stereocenters. The Morgan fingerprint density at radius 2 is 2.00 bits per heavy atom. The van der Waals surface area contributed by atoms with Crippen molar-refractivity contribution in [2.75, 3.05) is 0 Å². The number of carbonyl (C=O) groups is 1. The summed E-state index contributed by atoms with van der Waals surface area (Å²) < 4.78 is 1.63. The highest BCUT2D eigenvalue weighted by Gasteiger charge is 2.43. The van der Waals surface area contributed by atoms with Crippen LogP contribution >= 0.6 is 0 Å². The van der Waals surface area contributed by atoms with Crippen LogP contribution in [0.4, 0.5) is 0 Å². The van der Waals surface area contributed by atoms with Crippen molar-refractivity contribution in [1.29, 1.82) is 0 Å². The number of aliphatic hydroxyl groups is 2. The summed E-state index contributed by atoms with van der Waals surface area (Å²) in [5.74, 6) is -0.470. The molecule has 23 heavy (non-hydrogen) atoms. The number of amides is 1. The molecule has 4 atom stereocenters. The van der Waals surface area contributed by atoms with E-state index in [4.69, 9.17) is 0 Å². The molecule has 0 saturated heterocycles. The highest BCUT2D eigenvalue weighted by molar-refractivity contribution is 5.92. The molecule has 1 aromatic heterocycles. The highest BCUT2D eigenvalue weighted by Crippen LogP contribution is 2.35. The minimum absolute atomic E-state index is 0.130. The molecule has 0 aliphatic heterocycles. The summed E-state index contributed by atoms with van der Waals surface area (Å²) in [6, 6.07) is 10.8. The molecule has 1 aliphatic carbocycles. The molecule has 3 rings (SSSR count). The fourth-order valence-electron chi connectivity index (χ4n) is 3.15. The summed E-state index contributed by atoms with van der Waals surface area (Å²) >= 11 is 0. The largest absolute Gasteiger partial charge is 0.390 e. The standard InChI is InChI=1S/C17H21N3O3/c1-10-8-13(19-20(10)2)17(23)18-15-12(9-14(21)16(15)22)11-6-4-3-5-7-11/h3-8,12,14-16,21-22H,9H2,1-2H3,(H,18,23)/t12-,14-,15-,16-/m1/s1. The van der Waals surface area contributed by atoms with Crippen LogP contribution in [-0.4, -0.2) is 44.2 Å². The summed E-state index contributed by atoms with van der Waals surface area (Å²) in [6.07, 6.45) is -1.43. The van der Waals surface area contributed by atoms with Crippen LogP contribution in [0.3, 0.4) is 0 Å². The first-order valence-corrected chi connectivity index (χ1v) is 7.70. The first-order chi connectivity index (χ1) is 11.0. The number of rotatable bonds is 3. The van der Waals surface area contributed by atoms with Crippen molar-refractivity contribution in [3.05, 3.63) is 53.3 Å². The first-order valence-electron chi connectivity index (χ1n) is 7.70. The summed E-state index contributed by atoms with van der Waals surface area (Å²) in [5.41, 5.74) is 2.18. The third kappa shape index (κ3) is 3.00. The number of benzene rings is 1. The Hall–Kier alpha value is -2.18. The molecule has 1 saturated carbocycles. The van der Waals surface area contributed by atoms with Crippen molar-refractivity contribution >= 4 is 5.91 Å². The Bertz CT molecular complexity index is 679. The number of hydrogen-bond acceptors (Lipinski definition) is 4. The lowest BCUT2D eigenvalue weighted by Crippen LogP contribution is -2.45. The molecule has 1 amide bonds. The van der Waals surface area contributed by atoms with Crippen molar-refractivity contribution in [3.63, 3.8) is 0 Å². The van der Waals surface area contributed by atoms with Gasteiger partial charge in [0, 0.05) is 18.7 Å². The molecule has 1 aromatic carbocycles. The van der Waals surface area contributed by atoms with Gasteiger partial charge in [-0.2, -0.15) is 5.10 Å². The molecule has 1 aliphatic rings. The van der Waals surface area contributed by atoms with E-state index in [9.17, 15) is 15.0 Å². The molecule has 122 valence electrons. The lowest BCUT2D eigenvalue weighted by atomic mass is 9.93. The van der Waals surface area contributed by atoms with E-state index in [-0.39, 0.29) is 11.8 Å². The fraction of sp³-hybridized carbons (Fsp3) is 0.412. The molecule has 0 bridgehead atoms. The molecule has 6 heteroatoms. The van der Waals surface area contributed by atoms with Crippen LogP contribution in [0, 0.1) is 6.92 Å². The molecular formula is C17H21N3O3. The Morgan fingerprint density at radius 3 is 2.61 bits per heavy atom. The normalized spacial score (nSPS) is 27.1. The van der Waals surface area contributed by atoms with Crippen LogP contribution in [0.25, 0.3) is 0 Å².